The predicted octanol–water partition coefficient (Wildman–Crippen LogP) is 5.61. The zero-order chi connectivity index (χ0) is 17.6. The monoisotopic (exact) mass is 369 g/mol. The van der Waals surface area contributed by atoms with Crippen LogP contribution in [0.5, 0.6) is 0 Å². The molecule has 0 saturated carbocycles. The van der Waals surface area contributed by atoms with Gasteiger partial charge in [0.05, 0.1) is 11.6 Å². The highest BCUT2D eigenvalue weighted by Crippen LogP contribution is 2.39. The third kappa shape index (κ3) is 2.69. The predicted molar refractivity (Wildman–Crippen MR) is 113 cm³/mol. The van der Waals surface area contributed by atoms with E-state index in [2.05, 4.69) is 67.5 Å². The van der Waals surface area contributed by atoms with Crippen molar-refractivity contribution in [3.63, 3.8) is 0 Å². The maximum Gasteiger partial charge on any atom is 0.153 e. The van der Waals surface area contributed by atoms with E-state index in [9.17, 15) is 0 Å². The average molecular weight is 370 g/mol. The van der Waals surface area contributed by atoms with Crippen LogP contribution in [0.15, 0.2) is 36.5 Å². The molecule has 1 aliphatic rings. The number of rotatable bonds is 3. The maximum atomic E-state index is 4.87. The van der Waals surface area contributed by atoms with Gasteiger partial charge in [-0.15, -0.1) is 12.4 Å². The molecule has 4 rings (SSSR count). The van der Waals surface area contributed by atoms with E-state index in [1.165, 1.54) is 33.3 Å². The third-order valence-electron chi connectivity index (χ3n) is 5.91. The second-order valence-electron chi connectivity index (χ2n) is 7.05. The first kappa shape index (κ1) is 18.8. The van der Waals surface area contributed by atoms with Crippen molar-refractivity contribution in [3.05, 3.63) is 58.9 Å². The molecule has 0 N–H and O–H groups in total. The molecule has 0 bridgehead atoms. The topological polar surface area (TPSA) is 21.1 Å². The van der Waals surface area contributed by atoms with E-state index in [-0.39, 0.29) is 12.4 Å². The van der Waals surface area contributed by atoms with Gasteiger partial charge in [0.15, 0.2) is 5.82 Å². The van der Waals surface area contributed by atoms with Gasteiger partial charge in [-0.25, -0.2) is 4.98 Å². The second-order valence-corrected chi connectivity index (χ2v) is 7.05. The Morgan fingerprint density at radius 1 is 1.12 bits per heavy atom. The Hall–Kier alpha value is -2.00. The van der Waals surface area contributed by atoms with Crippen molar-refractivity contribution in [2.24, 2.45) is 0 Å². The molecule has 2 aromatic heterocycles. The number of pyridine rings is 1. The molecular weight excluding hydrogens is 342 g/mol. The lowest BCUT2D eigenvalue weighted by Crippen LogP contribution is -2.36. The molecule has 26 heavy (non-hydrogen) atoms. The Morgan fingerprint density at radius 2 is 1.88 bits per heavy atom. The summed E-state index contributed by atoms with van der Waals surface area (Å²) in [5.74, 6) is 1.15. The second kappa shape index (κ2) is 7.32. The molecule has 0 amide bonds. The largest absolute Gasteiger partial charge is 0.347 e. The minimum atomic E-state index is 0. The highest BCUT2D eigenvalue weighted by Gasteiger charge is 2.29. The van der Waals surface area contributed by atoms with Crippen molar-refractivity contribution in [1.82, 2.24) is 9.55 Å². The summed E-state index contributed by atoms with van der Waals surface area (Å²) in [7, 11) is 0. The van der Waals surface area contributed by atoms with E-state index in [0.717, 1.165) is 31.7 Å². The fourth-order valence-corrected chi connectivity index (χ4v) is 4.53. The maximum absolute atomic E-state index is 4.87. The number of aromatic nitrogens is 2. The highest BCUT2D eigenvalue weighted by atomic mass is 35.5. The number of hydrogen-bond acceptors (Lipinski definition) is 2. The summed E-state index contributed by atoms with van der Waals surface area (Å²) in [6, 6.07) is 11.5. The number of hydrogen-bond donors (Lipinski definition) is 0. The molecule has 1 atom stereocenters. The van der Waals surface area contributed by atoms with Gasteiger partial charge < -0.3 is 9.47 Å². The summed E-state index contributed by atoms with van der Waals surface area (Å²) in [4.78, 5) is 7.41. The molecule has 138 valence electrons. The number of anilines is 1. The van der Waals surface area contributed by atoms with Gasteiger partial charge in [0.25, 0.3) is 0 Å². The van der Waals surface area contributed by atoms with Crippen LogP contribution >= 0.6 is 12.4 Å². The quantitative estimate of drug-likeness (QED) is 0.598. The van der Waals surface area contributed by atoms with Gasteiger partial charge in [0.2, 0.25) is 0 Å². The van der Waals surface area contributed by atoms with Crippen molar-refractivity contribution in [3.8, 4) is 0 Å². The van der Waals surface area contributed by atoms with Gasteiger partial charge >= 0.3 is 0 Å². The molecule has 3 heterocycles. The average Bonchev–Trinajstić information content (AvgIpc) is 2.91. The fourth-order valence-electron chi connectivity index (χ4n) is 4.53. The number of nitrogens with zero attached hydrogens (tertiary/aromatic N) is 3. The van der Waals surface area contributed by atoms with Gasteiger partial charge in [0.1, 0.15) is 0 Å². The Balaban J connectivity index is 0.00000196. The molecule has 0 aliphatic carbocycles. The minimum Gasteiger partial charge on any atom is -0.347 e. The first-order chi connectivity index (χ1) is 12.2. The summed E-state index contributed by atoms with van der Waals surface area (Å²) < 4.78 is 2.43. The van der Waals surface area contributed by atoms with Crippen molar-refractivity contribution in [2.45, 2.75) is 53.1 Å². The summed E-state index contributed by atoms with van der Waals surface area (Å²) in [6.07, 6.45) is 4.17. The minimum absolute atomic E-state index is 0. The molecule has 3 aromatic rings. The lowest BCUT2D eigenvalue weighted by molar-refractivity contribution is 0.562. The summed E-state index contributed by atoms with van der Waals surface area (Å²) in [5, 5.41) is 1.35. The molecule has 1 aromatic carbocycles. The van der Waals surface area contributed by atoms with E-state index in [4.69, 9.17) is 4.98 Å². The third-order valence-corrected chi connectivity index (χ3v) is 5.91. The number of aryl methyl sites for hydroxylation is 2. The van der Waals surface area contributed by atoms with E-state index in [0.29, 0.717) is 6.04 Å². The van der Waals surface area contributed by atoms with Crippen LogP contribution in [0, 0.1) is 13.8 Å². The molecule has 0 spiro atoms. The molecule has 0 saturated heterocycles. The van der Waals surface area contributed by atoms with Crippen LogP contribution in [0.4, 0.5) is 5.82 Å². The fraction of sp³-hybridized carbons (Fsp3) is 0.409. The van der Waals surface area contributed by atoms with Crippen molar-refractivity contribution in [2.75, 3.05) is 11.4 Å². The van der Waals surface area contributed by atoms with Gasteiger partial charge in [-0.05, 0) is 56.4 Å². The van der Waals surface area contributed by atoms with Crippen LogP contribution in [0.3, 0.4) is 0 Å². The SMILES string of the molecule is CCC1c2ccccc2CCN1c1nccc2c(C)c(C)n(CC)c12.Cl. The Bertz CT molecular complexity index is 929. The Kier molecular flexibility index (Phi) is 5.29. The van der Waals surface area contributed by atoms with Gasteiger partial charge in [-0.1, -0.05) is 31.2 Å². The van der Waals surface area contributed by atoms with Crippen LogP contribution in [-0.4, -0.2) is 16.1 Å². The standard InChI is InChI=1S/C22H27N3.ClH/c1-5-20-19-10-8-7-9-17(19)12-14-25(20)22-21-18(11-13-23-22)15(3)16(4)24(21)6-2;/h7-11,13,20H,5-6,12,14H2,1-4H3;1H. The molecule has 4 heteroatoms. The van der Waals surface area contributed by atoms with Gasteiger partial charge in [-0.3, -0.25) is 0 Å². The molecular formula is C22H28ClN3. The van der Waals surface area contributed by atoms with E-state index in [1.54, 1.807) is 0 Å². The molecule has 1 unspecified atom stereocenters. The first-order valence-corrected chi connectivity index (χ1v) is 9.46. The van der Waals surface area contributed by atoms with Crippen molar-refractivity contribution < 1.29 is 0 Å². The van der Waals surface area contributed by atoms with Crippen LogP contribution in [-0.2, 0) is 13.0 Å². The summed E-state index contributed by atoms with van der Waals surface area (Å²) >= 11 is 0. The van der Waals surface area contributed by atoms with E-state index < -0.39 is 0 Å². The lowest BCUT2D eigenvalue weighted by atomic mass is 9.91. The Morgan fingerprint density at radius 3 is 2.62 bits per heavy atom. The molecule has 0 fully saturated rings. The van der Waals surface area contributed by atoms with E-state index >= 15 is 0 Å². The van der Waals surface area contributed by atoms with Crippen LogP contribution < -0.4 is 4.90 Å². The number of halogens is 1. The van der Waals surface area contributed by atoms with Crippen LogP contribution in [0.2, 0.25) is 0 Å². The Labute approximate surface area is 162 Å². The number of benzene rings is 1. The summed E-state index contributed by atoms with van der Waals surface area (Å²) in [6.45, 7) is 11.0. The lowest BCUT2D eigenvalue weighted by Gasteiger charge is -2.38. The molecule has 0 radical (unpaired) electrons. The normalized spacial score (nSPS) is 16.5. The highest BCUT2D eigenvalue weighted by molar-refractivity contribution is 5.93. The zero-order valence-corrected chi connectivity index (χ0v) is 16.9. The molecule has 1 aliphatic heterocycles. The first-order valence-electron chi connectivity index (χ1n) is 9.46. The van der Waals surface area contributed by atoms with E-state index in [1.807, 2.05) is 6.20 Å². The van der Waals surface area contributed by atoms with Gasteiger partial charge in [-0.2, -0.15) is 0 Å². The van der Waals surface area contributed by atoms with Gasteiger partial charge in [0, 0.05) is 30.4 Å². The smallest absolute Gasteiger partial charge is 0.153 e. The summed E-state index contributed by atoms with van der Waals surface area (Å²) in [5.41, 5.74) is 7.01. The van der Waals surface area contributed by atoms with Crippen LogP contribution in [0.1, 0.15) is 48.7 Å². The zero-order valence-electron chi connectivity index (χ0n) is 16.1. The van der Waals surface area contributed by atoms with Crippen molar-refractivity contribution in [1.29, 1.82) is 0 Å². The number of fused-ring (bicyclic) bond motifs is 2. The molecule has 3 nitrogen and oxygen atoms in total. The van der Waals surface area contributed by atoms with Crippen molar-refractivity contribution >= 4 is 29.1 Å². The van der Waals surface area contributed by atoms with Crippen LogP contribution in [0.25, 0.3) is 10.9 Å².